The smallest absolute Gasteiger partial charge is 0.317 e. The van der Waals surface area contributed by atoms with Crippen LogP contribution in [0.5, 0.6) is 0 Å². The molecule has 2 N–H and O–H groups in total. The minimum atomic E-state index is -0.985. The number of carboxylic acids is 1. The normalized spacial score (nSPS) is 11.5. The van der Waals surface area contributed by atoms with Crippen molar-refractivity contribution < 1.29 is 19.6 Å². The first-order valence-electron chi connectivity index (χ1n) is 6.29. The first kappa shape index (κ1) is 16.4. The van der Waals surface area contributed by atoms with Crippen molar-refractivity contribution in [1.29, 1.82) is 0 Å². The zero-order chi connectivity index (χ0) is 16.0. The van der Waals surface area contributed by atoms with Crippen LogP contribution in [0.1, 0.15) is 24.9 Å². The minimum Gasteiger partial charge on any atom is -0.481 e. The molecule has 1 atom stereocenters. The summed E-state index contributed by atoms with van der Waals surface area (Å²) in [7, 11) is 1.48. The van der Waals surface area contributed by atoms with Crippen molar-refractivity contribution in [2.24, 2.45) is 0 Å². The maximum Gasteiger partial charge on any atom is 0.317 e. The number of benzene rings is 1. The van der Waals surface area contributed by atoms with Crippen molar-refractivity contribution in [3.63, 3.8) is 0 Å². The van der Waals surface area contributed by atoms with Gasteiger partial charge in [0.25, 0.3) is 5.69 Å². The molecular formula is C13H17N3O5. The zero-order valence-corrected chi connectivity index (χ0v) is 11.8. The summed E-state index contributed by atoms with van der Waals surface area (Å²) in [5.74, 6) is -0.985. The molecule has 0 aromatic heterocycles. The Morgan fingerprint density at radius 2 is 2.14 bits per heavy atom. The van der Waals surface area contributed by atoms with E-state index in [4.69, 9.17) is 5.11 Å². The van der Waals surface area contributed by atoms with Gasteiger partial charge in [-0.2, -0.15) is 0 Å². The largest absolute Gasteiger partial charge is 0.481 e. The number of rotatable bonds is 6. The Kier molecular flexibility index (Phi) is 5.65. The van der Waals surface area contributed by atoms with Gasteiger partial charge in [0.1, 0.15) is 0 Å². The van der Waals surface area contributed by atoms with E-state index in [2.05, 4.69) is 5.32 Å². The van der Waals surface area contributed by atoms with E-state index in [0.717, 1.165) is 0 Å². The van der Waals surface area contributed by atoms with Crippen LogP contribution in [-0.2, 0) is 4.79 Å². The molecule has 0 aliphatic heterocycles. The predicted octanol–water partition coefficient (Wildman–Crippen LogP) is 1.77. The van der Waals surface area contributed by atoms with Crippen LogP contribution >= 0.6 is 0 Å². The number of nitrogens with one attached hydrogen (secondary N) is 1. The molecule has 0 radical (unpaired) electrons. The number of nitrogens with zero attached hydrogens (tertiary/aromatic N) is 2. The highest BCUT2D eigenvalue weighted by molar-refractivity contribution is 5.75. The molecule has 0 heterocycles. The Bertz CT molecular complexity index is 546. The first-order chi connectivity index (χ1) is 9.81. The average molecular weight is 295 g/mol. The molecule has 1 unspecified atom stereocenters. The minimum absolute atomic E-state index is 0.0483. The topological polar surface area (TPSA) is 113 Å². The third kappa shape index (κ3) is 5.09. The van der Waals surface area contributed by atoms with Gasteiger partial charge in [0.05, 0.1) is 17.4 Å². The van der Waals surface area contributed by atoms with Gasteiger partial charge >= 0.3 is 12.0 Å². The van der Waals surface area contributed by atoms with Crippen LogP contribution in [0, 0.1) is 10.1 Å². The summed E-state index contributed by atoms with van der Waals surface area (Å²) in [6.45, 7) is 1.78. The summed E-state index contributed by atoms with van der Waals surface area (Å²) in [6, 6.07) is 5.12. The summed E-state index contributed by atoms with van der Waals surface area (Å²) < 4.78 is 0. The number of aliphatic carboxylic acids is 1. The Morgan fingerprint density at radius 1 is 1.48 bits per heavy atom. The van der Waals surface area contributed by atoms with Gasteiger partial charge in [0.15, 0.2) is 0 Å². The van der Waals surface area contributed by atoms with E-state index < -0.39 is 23.0 Å². The number of amides is 2. The molecule has 0 saturated heterocycles. The highest BCUT2D eigenvalue weighted by Crippen LogP contribution is 2.19. The summed E-state index contributed by atoms with van der Waals surface area (Å²) >= 11 is 0. The molecule has 1 aromatic carbocycles. The Morgan fingerprint density at radius 3 is 2.71 bits per heavy atom. The van der Waals surface area contributed by atoms with Crippen LogP contribution in [0.15, 0.2) is 24.3 Å². The molecule has 0 saturated carbocycles. The van der Waals surface area contributed by atoms with Gasteiger partial charge in [0, 0.05) is 25.7 Å². The van der Waals surface area contributed by atoms with E-state index >= 15 is 0 Å². The standard InChI is InChI=1S/C13H17N3O5/c1-9(10-4-3-5-11(8-10)16(20)21)14-13(19)15(2)7-6-12(17)18/h3-5,8-9H,6-7H2,1-2H3,(H,14,19)(H,17,18). The number of carbonyl (C=O) groups is 2. The Balaban J connectivity index is 2.65. The fourth-order valence-corrected chi connectivity index (χ4v) is 1.65. The van der Waals surface area contributed by atoms with Crippen LogP contribution in [0.3, 0.4) is 0 Å². The monoisotopic (exact) mass is 295 g/mol. The molecule has 0 fully saturated rings. The Labute approximate surface area is 121 Å². The van der Waals surface area contributed by atoms with E-state index in [-0.39, 0.29) is 18.7 Å². The van der Waals surface area contributed by atoms with Crippen LogP contribution in [0.4, 0.5) is 10.5 Å². The van der Waals surface area contributed by atoms with Crippen molar-refractivity contribution in [1.82, 2.24) is 10.2 Å². The van der Waals surface area contributed by atoms with Crippen molar-refractivity contribution in [2.75, 3.05) is 13.6 Å². The molecule has 1 rings (SSSR count). The molecule has 21 heavy (non-hydrogen) atoms. The highest BCUT2D eigenvalue weighted by atomic mass is 16.6. The summed E-state index contributed by atoms with van der Waals surface area (Å²) in [5, 5.41) is 21.9. The molecular weight excluding hydrogens is 278 g/mol. The molecule has 0 bridgehead atoms. The van der Waals surface area contributed by atoms with Crippen molar-refractivity contribution >= 4 is 17.7 Å². The van der Waals surface area contributed by atoms with Gasteiger partial charge in [-0.25, -0.2) is 4.79 Å². The van der Waals surface area contributed by atoms with Gasteiger partial charge in [-0.3, -0.25) is 14.9 Å². The van der Waals surface area contributed by atoms with E-state index in [0.29, 0.717) is 5.56 Å². The van der Waals surface area contributed by atoms with Gasteiger partial charge in [-0.1, -0.05) is 12.1 Å². The van der Waals surface area contributed by atoms with Gasteiger partial charge < -0.3 is 15.3 Å². The van der Waals surface area contributed by atoms with Crippen LogP contribution in [0.25, 0.3) is 0 Å². The van der Waals surface area contributed by atoms with Crippen LogP contribution < -0.4 is 5.32 Å². The molecule has 8 heteroatoms. The number of urea groups is 1. The van der Waals surface area contributed by atoms with E-state index in [1.165, 1.54) is 24.1 Å². The fraction of sp³-hybridized carbons (Fsp3) is 0.385. The van der Waals surface area contributed by atoms with E-state index in [1.54, 1.807) is 19.1 Å². The Hall–Kier alpha value is -2.64. The molecule has 0 spiro atoms. The number of hydrogen-bond acceptors (Lipinski definition) is 4. The highest BCUT2D eigenvalue weighted by Gasteiger charge is 2.16. The maximum absolute atomic E-state index is 11.8. The summed E-state index contributed by atoms with van der Waals surface area (Å²) in [4.78, 5) is 33.8. The van der Waals surface area contributed by atoms with Gasteiger partial charge in [0.2, 0.25) is 0 Å². The van der Waals surface area contributed by atoms with Crippen molar-refractivity contribution in [3.05, 3.63) is 39.9 Å². The molecule has 0 aliphatic carbocycles. The van der Waals surface area contributed by atoms with E-state index in [9.17, 15) is 19.7 Å². The van der Waals surface area contributed by atoms with Crippen molar-refractivity contribution in [3.8, 4) is 0 Å². The molecule has 8 nitrogen and oxygen atoms in total. The fourth-order valence-electron chi connectivity index (χ4n) is 1.65. The van der Waals surface area contributed by atoms with E-state index in [1.807, 2.05) is 0 Å². The SMILES string of the molecule is CC(NC(=O)N(C)CCC(=O)O)c1cccc([N+](=O)[O-])c1. The zero-order valence-electron chi connectivity index (χ0n) is 11.8. The van der Waals surface area contributed by atoms with Crippen molar-refractivity contribution in [2.45, 2.75) is 19.4 Å². The number of carboxylic acid groups (broad SMARTS) is 1. The third-order valence-electron chi connectivity index (χ3n) is 2.93. The second kappa shape index (κ2) is 7.22. The number of carbonyl (C=O) groups excluding carboxylic acids is 1. The van der Waals surface area contributed by atoms with Gasteiger partial charge in [-0.05, 0) is 12.5 Å². The number of nitro groups is 1. The summed E-state index contributed by atoms with van der Waals surface area (Å²) in [6.07, 6.45) is -0.144. The van der Waals surface area contributed by atoms with Crippen LogP contribution in [-0.4, -0.2) is 40.5 Å². The lowest BCUT2D eigenvalue weighted by molar-refractivity contribution is -0.384. The second-order valence-corrected chi connectivity index (χ2v) is 4.59. The lowest BCUT2D eigenvalue weighted by atomic mass is 10.1. The molecule has 2 amide bonds. The number of hydrogen-bond donors (Lipinski definition) is 2. The molecule has 0 aliphatic rings. The first-order valence-corrected chi connectivity index (χ1v) is 6.29. The predicted molar refractivity (Wildman–Crippen MR) is 74.9 cm³/mol. The summed E-state index contributed by atoms with van der Waals surface area (Å²) in [5.41, 5.74) is 0.553. The lowest BCUT2D eigenvalue weighted by Crippen LogP contribution is -2.39. The van der Waals surface area contributed by atoms with Crippen LogP contribution in [0.2, 0.25) is 0 Å². The average Bonchev–Trinajstić information content (AvgIpc) is 2.44. The van der Waals surface area contributed by atoms with Gasteiger partial charge in [-0.15, -0.1) is 0 Å². The second-order valence-electron chi connectivity index (χ2n) is 4.59. The quantitative estimate of drug-likeness (QED) is 0.613. The lowest BCUT2D eigenvalue weighted by Gasteiger charge is -2.21. The molecule has 1 aromatic rings. The maximum atomic E-state index is 11.8. The number of non-ortho nitro benzene ring substituents is 1. The molecule has 114 valence electrons. The number of nitro benzene ring substituents is 1. The third-order valence-corrected chi connectivity index (χ3v) is 2.93.